The van der Waals surface area contributed by atoms with Gasteiger partial charge in [-0.05, 0) is 61.7 Å². The van der Waals surface area contributed by atoms with E-state index in [1.807, 2.05) is 13.8 Å². The van der Waals surface area contributed by atoms with Crippen molar-refractivity contribution < 1.29 is 41.3 Å². The summed E-state index contributed by atoms with van der Waals surface area (Å²) in [7, 11) is 1.12. The largest absolute Gasteiger partial charge is 0.497 e. The Morgan fingerprint density at radius 1 is 0.826 bits per heavy atom. The third-order valence-electron chi connectivity index (χ3n) is 7.53. The van der Waals surface area contributed by atoms with E-state index in [1.165, 1.54) is 87.9 Å². The summed E-state index contributed by atoms with van der Waals surface area (Å²) in [4.78, 5) is 29.0. The fourth-order valence-electron chi connectivity index (χ4n) is 4.76. The van der Waals surface area contributed by atoms with Crippen LogP contribution in [0.5, 0.6) is 23.0 Å². The van der Waals surface area contributed by atoms with Crippen molar-refractivity contribution in [1.29, 1.82) is 0 Å². The van der Waals surface area contributed by atoms with Gasteiger partial charge in [-0.25, -0.2) is 12.8 Å². The molecule has 0 bridgehead atoms. The Hall–Kier alpha value is -4.52. The lowest BCUT2D eigenvalue weighted by Crippen LogP contribution is -2.53. The molecule has 0 saturated heterocycles. The molecule has 3 aromatic carbocycles. The summed E-state index contributed by atoms with van der Waals surface area (Å²) < 4.78 is 65.0. The topological polar surface area (TPSA) is 124 Å². The number of halogens is 1. The number of carbonyl (C=O) groups is 2. The van der Waals surface area contributed by atoms with Gasteiger partial charge in [-0.2, -0.15) is 0 Å². The molecule has 0 saturated carbocycles. The monoisotopic (exact) mass is 659 g/mol. The first-order valence-electron chi connectivity index (χ1n) is 14.7. The van der Waals surface area contributed by atoms with Gasteiger partial charge in [0.2, 0.25) is 11.8 Å². The van der Waals surface area contributed by atoms with Crippen LogP contribution in [-0.2, 0) is 26.2 Å². The normalized spacial score (nSPS) is 12.4. The molecule has 13 heteroatoms. The van der Waals surface area contributed by atoms with Crippen LogP contribution in [0, 0.1) is 5.82 Å². The second-order valence-corrected chi connectivity index (χ2v) is 12.3. The zero-order valence-electron chi connectivity index (χ0n) is 27.2. The maximum Gasteiger partial charge on any atom is 0.265 e. The Balaban J connectivity index is 2.19. The lowest BCUT2D eigenvalue weighted by molar-refractivity contribution is -0.140. The highest BCUT2D eigenvalue weighted by Crippen LogP contribution is 2.38. The number of amides is 2. The van der Waals surface area contributed by atoms with Crippen molar-refractivity contribution in [2.75, 3.05) is 39.3 Å². The number of hydrogen-bond donors (Lipinski definition) is 1. The van der Waals surface area contributed by atoms with E-state index in [-0.39, 0.29) is 47.0 Å². The first kappa shape index (κ1) is 36.0. The van der Waals surface area contributed by atoms with Gasteiger partial charge in [-0.15, -0.1) is 0 Å². The number of methoxy groups -OCH3 is 4. The molecule has 0 aliphatic rings. The van der Waals surface area contributed by atoms with Crippen molar-refractivity contribution in [3.8, 4) is 23.0 Å². The third kappa shape index (κ3) is 8.39. The zero-order chi connectivity index (χ0) is 34.0. The second-order valence-electron chi connectivity index (χ2n) is 10.5. The van der Waals surface area contributed by atoms with Crippen molar-refractivity contribution >= 4 is 27.5 Å². The van der Waals surface area contributed by atoms with Gasteiger partial charge in [0.1, 0.15) is 29.9 Å². The van der Waals surface area contributed by atoms with E-state index in [9.17, 15) is 22.4 Å². The molecule has 0 aliphatic carbocycles. The number of anilines is 1. The molecule has 2 amide bonds. The number of ether oxygens (including phenoxy) is 4. The molecule has 46 heavy (non-hydrogen) atoms. The van der Waals surface area contributed by atoms with Crippen LogP contribution in [0.25, 0.3) is 0 Å². The average Bonchev–Trinajstić information content (AvgIpc) is 3.06. The van der Waals surface area contributed by atoms with E-state index in [2.05, 4.69) is 5.32 Å². The molecule has 1 N–H and O–H groups in total. The minimum Gasteiger partial charge on any atom is -0.497 e. The van der Waals surface area contributed by atoms with Crippen molar-refractivity contribution in [3.05, 3.63) is 72.0 Å². The Morgan fingerprint density at radius 3 is 2.02 bits per heavy atom. The lowest BCUT2D eigenvalue weighted by atomic mass is 10.1. The van der Waals surface area contributed by atoms with Crippen LogP contribution >= 0.6 is 0 Å². The van der Waals surface area contributed by atoms with Gasteiger partial charge in [0.15, 0.2) is 11.5 Å². The number of nitrogens with one attached hydrogen (secondary N) is 1. The third-order valence-corrected chi connectivity index (χ3v) is 9.29. The van der Waals surface area contributed by atoms with E-state index < -0.39 is 34.3 Å². The predicted molar refractivity (Wildman–Crippen MR) is 173 cm³/mol. The summed E-state index contributed by atoms with van der Waals surface area (Å²) in [6.07, 6.45) is 0.904. The molecule has 3 aromatic rings. The zero-order valence-corrected chi connectivity index (χ0v) is 28.0. The van der Waals surface area contributed by atoms with E-state index in [0.29, 0.717) is 23.5 Å². The SMILES string of the molecule is CC[C@@H](C)NC(=O)[C@H](CC)N(Cc1ccc(F)cc1)C(=O)CN(c1cc(OC)ccc1OC)S(=O)(=O)c1ccc(OC)c(OC)c1. The van der Waals surface area contributed by atoms with Crippen molar-refractivity contribution in [1.82, 2.24) is 10.2 Å². The second kappa shape index (κ2) is 16.2. The summed E-state index contributed by atoms with van der Waals surface area (Å²) in [6.45, 7) is 4.74. The molecule has 0 heterocycles. The van der Waals surface area contributed by atoms with Gasteiger partial charge in [0.05, 0.1) is 39.0 Å². The first-order chi connectivity index (χ1) is 21.9. The summed E-state index contributed by atoms with van der Waals surface area (Å²) in [5.74, 6) is -0.571. The fourth-order valence-corrected chi connectivity index (χ4v) is 6.19. The van der Waals surface area contributed by atoms with Gasteiger partial charge in [0, 0.05) is 24.7 Å². The molecule has 0 aliphatic heterocycles. The number of sulfonamides is 1. The molecule has 0 radical (unpaired) electrons. The van der Waals surface area contributed by atoms with Crippen LogP contribution in [0.4, 0.5) is 10.1 Å². The van der Waals surface area contributed by atoms with Gasteiger partial charge in [0.25, 0.3) is 10.0 Å². The number of rotatable bonds is 16. The molecular formula is C33H42FN3O8S. The maximum absolute atomic E-state index is 14.4. The fraction of sp³-hybridized carbons (Fsp3) is 0.394. The summed E-state index contributed by atoms with van der Waals surface area (Å²) in [5, 5.41) is 2.92. The highest BCUT2D eigenvalue weighted by molar-refractivity contribution is 7.92. The standard InChI is InChI=1S/C33H42FN3O8S/c1-8-22(3)35-33(39)27(9-2)36(20-23-10-12-24(34)13-11-23)32(38)21-37(28-18-25(42-4)14-16-29(28)43-5)46(40,41)26-15-17-30(44-6)31(19-26)45-7/h10-19,22,27H,8-9,20-21H2,1-7H3,(H,35,39)/t22-,27+/m1/s1. The molecule has 0 aromatic heterocycles. The molecule has 0 unspecified atom stereocenters. The summed E-state index contributed by atoms with van der Waals surface area (Å²) in [5.41, 5.74) is 0.585. The van der Waals surface area contributed by atoms with E-state index in [0.717, 1.165) is 4.31 Å². The maximum atomic E-state index is 14.4. The summed E-state index contributed by atoms with van der Waals surface area (Å²) in [6, 6.07) is 13.1. The van der Waals surface area contributed by atoms with E-state index in [4.69, 9.17) is 18.9 Å². The van der Waals surface area contributed by atoms with Crippen LogP contribution in [0.2, 0.25) is 0 Å². The quantitative estimate of drug-likeness (QED) is 0.233. The lowest BCUT2D eigenvalue weighted by Gasteiger charge is -2.34. The first-order valence-corrected chi connectivity index (χ1v) is 16.2. The number of nitrogens with zero attached hydrogens (tertiary/aromatic N) is 2. The minimum atomic E-state index is -4.49. The highest BCUT2D eigenvalue weighted by atomic mass is 32.2. The summed E-state index contributed by atoms with van der Waals surface area (Å²) >= 11 is 0. The number of hydrogen-bond acceptors (Lipinski definition) is 8. The molecule has 2 atom stereocenters. The highest BCUT2D eigenvalue weighted by Gasteiger charge is 2.35. The molecule has 3 rings (SSSR count). The minimum absolute atomic E-state index is 0.0313. The van der Waals surface area contributed by atoms with E-state index >= 15 is 0 Å². The molecule has 11 nitrogen and oxygen atoms in total. The van der Waals surface area contributed by atoms with Crippen molar-refractivity contribution in [2.45, 2.75) is 57.1 Å². The van der Waals surface area contributed by atoms with Crippen LogP contribution in [0.15, 0.2) is 65.6 Å². The van der Waals surface area contributed by atoms with Crippen LogP contribution in [0.1, 0.15) is 39.2 Å². The van der Waals surface area contributed by atoms with Crippen molar-refractivity contribution in [2.24, 2.45) is 0 Å². The smallest absolute Gasteiger partial charge is 0.265 e. The van der Waals surface area contributed by atoms with Crippen molar-refractivity contribution in [3.63, 3.8) is 0 Å². The predicted octanol–water partition coefficient (Wildman–Crippen LogP) is 4.78. The molecular weight excluding hydrogens is 617 g/mol. The Bertz CT molecular complexity index is 1600. The van der Waals surface area contributed by atoms with Crippen LogP contribution in [0.3, 0.4) is 0 Å². The molecule has 0 spiro atoms. The Kier molecular flexibility index (Phi) is 12.6. The molecule has 250 valence electrons. The average molecular weight is 660 g/mol. The van der Waals surface area contributed by atoms with Gasteiger partial charge in [-0.3, -0.25) is 13.9 Å². The van der Waals surface area contributed by atoms with Crippen LogP contribution in [-0.4, -0.2) is 72.2 Å². The van der Waals surface area contributed by atoms with E-state index in [1.54, 1.807) is 13.0 Å². The van der Waals surface area contributed by atoms with Crippen LogP contribution < -0.4 is 28.6 Å². The Labute approximate surface area is 270 Å². The Morgan fingerprint density at radius 2 is 1.46 bits per heavy atom. The van der Waals surface area contributed by atoms with Gasteiger partial charge in [-0.1, -0.05) is 26.0 Å². The molecule has 0 fully saturated rings. The van der Waals surface area contributed by atoms with Gasteiger partial charge >= 0.3 is 0 Å². The number of carbonyl (C=O) groups excluding carboxylic acids is 2. The number of benzene rings is 3. The van der Waals surface area contributed by atoms with Gasteiger partial charge < -0.3 is 29.2 Å².